The number of benzene rings is 1. The number of halogens is 1. The Morgan fingerprint density at radius 1 is 1.32 bits per heavy atom. The van der Waals surface area contributed by atoms with Crippen molar-refractivity contribution in [1.82, 2.24) is 15.4 Å². The fourth-order valence-electron chi connectivity index (χ4n) is 2.75. The molecule has 25 heavy (non-hydrogen) atoms. The van der Waals surface area contributed by atoms with Gasteiger partial charge in [-0.3, -0.25) is 14.5 Å². The minimum atomic E-state index is -1.32. The van der Waals surface area contributed by atoms with Crippen molar-refractivity contribution in [3.05, 3.63) is 48.0 Å². The minimum absolute atomic E-state index is 0.178. The van der Waals surface area contributed by atoms with Gasteiger partial charge in [0.05, 0.1) is 0 Å². The molecule has 0 radical (unpaired) electrons. The molecule has 4 amide bonds. The summed E-state index contributed by atoms with van der Waals surface area (Å²) in [5.41, 5.74) is -0.868. The molecule has 0 saturated carbocycles. The highest BCUT2D eigenvalue weighted by atomic mass is 19.1. The first-order chi connectivity index (χ1) is 12.0. The summed E-state index contributed by atoms with van der Waals surface area (Å²) in [5, 5.41) is 8.56. The lowest BCUT2D eigenvalue weighted by Crippen LogP contribution is -2.44. The zero-order valence-corrected chi connectivity index (χ0v) is 13.3. The lowest BCUT2D eigenvalue weighted by Gasteiger charge is -2.25. The first-order valence-electron chi connectivity index (χ1n) is 7.56. The molecule has 3 rings (SSSR count). The van der Waals surface area contributed by atoms with Crippen LogP contribution in [0, 0.1) is 5.82 Å². The van der Waals surface area contributed by atoms with Crippen LogP contribution in [0.25, 0.3) is 0 Å². The highest BCUT2D eigenvalue weighted by Crippen LogP contribution is 2.32. The van der Waals surface area contributed by atoms with Crippen molar-refractivity contribution >= 4 is 23.7 Å². The Bertz CT molecular complexity index is 806. The molecule has 2 heterocycles. The molecule has 0 bridgehead atoms. The topological polar surface area (TPSA) is 105 Å². The van der Waals surface area contributed by atoms with Gasteiger partial charge in [-0.2, -0.15) is 0 Å². The molecule has 0 aliphatic carbocycles. The summed E-state index contributed by atoms with van der Waals surface area (Å²) in [6, 6.07) is 6.05. The number of hydrogen-bond donors (Lipinski definition) is 2. The van der Waals surface area contributed by atoms with Crippen molar-refractivity contribution in [3.8, 4) is 0 Å². The SMILES string of the molecule is CC[C@@]1(c2ccc(F)cc2)NC(=O)N(CC(=O)Nc2ccon2)C1=O. The zero-order chi connectivity index (χ0) is 18.0. The molecule has 1 aliphatic rings. The smallest absolute Gasteiger partial charge is 0.325 e. The van der Waals surface area contributed by atoms with Crippen LogP contribution in [0.4, 0.5) is 15.0 Å². The molecule has 0 unspecified atom stereocenters. The van der Waals surface area contributed by atoms with E-state index in [2.05, 4.69) is 20.3 Å². The van der Waals surface area contributed by atoms with Gasteiger partial charge in [-0.1, -0.05) is 24.2 Å². The number of rotatable bonds is 5. The van der Waals surface area contributed by atoms with E-state index in [4.69, 9.17) is 0 Å². The van der Waals surface area contributed by atoms with Crippen LogP contribution in [-0.4, -0.2) is 34.4 Å². The molecule has 1 fully saturated rings. The third kappa shape index (κ3) is 2.95. The van der Waals surface area contributed by atoms with Crippen LogP contribution >= 0.6 is 0 Å². The lowest BCUT2D eigenvalue weighted by atomic mass is 9.87. The maximum atomic E-state index is 13.2. The third-order valence-corrected chi connectivity index (χ3v) is 4.05. The average Bonchev–Trinajstić information content (AvgIpc) is 3.18. The van der Waals surface area contributed by atoms with Crippen LogP contribution in [-0.2, 0) is 15.1 Å². The maximum Gasteiger partial charge on any atom is 0.325 e. The Morgan fingerprint density at radius 3 is 2.64 bits per heavy atom. The number of carbonyl (C=O) groups excluding carboxylic acids is 3. The molecule has 0 spiro atoms. The van der Waals surface area contributed by atoms with E-state index in [1.54, 1.807) is 6.92 Å². The van der Waals surface area contributed by atoms with E-state index in [-0.39, 0.29) is 12.2 Å². The molecule has 1 aromatic carbocycles. The Hall–Kier alpha value is -3.23. The normalized spacial score (nSPS) is 19.8. The summed E-state index contributed by atoms with van der Waals surface area (Å²) < 4.78 is 17.7. The highest BCUT2D eigenvalue weighted by molar-refractivity contribution is 6.10. The molecule has 1 aliphatic heterocycles. The monoisotopic (exact) mass is 346 g/mol. The quantitative estimate of drug-likeness (QED) is 0.801. The number of nitrogens with one attached hydrogen (secondary N) is 2. The van der Waals surface area contributed by atoms with E-state index in [9.17, 15) is 18.8 Å². The molecular formula is C16H15FN4O4. The van der Waals surface area contributed by atoms with Crippen LogP contribution in [0.15, 0.2) is 41.1 Å². The second kappa shape index (κ2) is 6.34. The van der Waals surface area contributed by atoms with Gasteiger partial charge in [-0.15, -0.1) is 0 Å². The second-order valence-electron chi connectivity index (χ2n) is 5.52. The number of anilines is 1. The molecule has 1 aromatic heterocycles. The van der Waals surface area contributed by atoms with Crippen molar-refractivity contribution in [3.63, 3.8) is 0 Å². The fraction of sp³-hybridized carbons (Fsp3) is 0.250. The van der Waals surface area contributed by atoms with E-state index in [0.29, 0.717) is 5.56 Å². The number of imide groups is 1. The van der Waals surface area contributed by atoms with Gasteiger partial charge in [0.25, 0.3) is 5.91 Å². The number of hydrogen-bond acceptors (Lipinski definition) is 5. The van der Waals surface area contributed by atoms with Crippen LogP contribution in [0.3, 0.4) is 0 Å². The highest BCUT2D eigenvalue weighted by Gasteiger charge is 2.51. The zero-order valence-electron chi connectivity index (χ0n) is 13.3. The van der Waals surface area contributed by atoms with Gasteiger partial charge < -0.3 is 15.2 Å². The summed E-state index contributed by atoms with van der Waals surface area (Å²) in [6.07, 6.45) is 1.53. The Balaban J connectivity index is 1.80. The van der Waals surface area contributed by atoms with Gasteiger partial charge in [0.1, 0.15) is 24.2 Å². The van der Waals surface area contributed by atoms with Gasteiger partial charge in [-0.25, -0.2) is 9.18 Å². The molecule has 9 heteroatoms. The largest absolute Gasteiger partial charge is 0.363 e. The first-order valence-corrected chi connectivity index (χ1v) is 7.56. The van der Waals surface area contributed by atoms with Crippen molar-refractivity contribution in [2.24, 2.45) is 0 Å². The van der Waals surface area contributed by atoms with E-state index in [1.165, 1.54) is 36.6 Å². The predicted octanol–water partition coefficient (Wildman–Crippen LogP) is 1.61. The number of amides is 4. The standard InChI is InChI=1S/C16H15FN4O4/c1-2-16(10-3-5-11(17)6-4-10)14(23)21(15(24)19-16)9-13(22)18-12-7-8-25-20-12/h3-8H,2,9H2,1H3,(H,19,24)(H,18,20,22)/t16-/m0/s1. The molecule has 2 N–H and O–H groups in total. The molecule has 8 nitrogen and oxygen atoms in total. The minimum Gasteiger partial charge on any atom is -0.363 e. The van der Waals surface area contributed by atoms with E-state index < -0.39 is 35.7 Å². The fourth-order valence-corrected chi connectivity index (χ4v) is 2.75. The Kier molecular flexibility index (Phi) is 4.22. The van der Waals surface area contributed by atoms with Gasteiger partial charge in [0.2, 0.25) is 5.91 Å². The van der Waals surface area contributed by atoms with Crippen molar-refractivity contribution in [2.75, 3.05) is 11.9 Å². The summed E-state index contributed by atoms with van der Waals surface area (Å²) in [4.78, 5) is 37.9. The van der Waals surface area contributed by atoms with E-state index >= 15 is 0 Å². The summed E-state index contributed by atoms with van der Waals surface area (Å²) in [7, 11) is 0. The second-order valence-corrected chi connectivity index (χ2v) is 5.52. The Morgan fingerprint density at radius 2 is 2.04 bits per heavy atom. The van der Waals surface area contributed by atoms with E-state index in [0.717, 1.165) is 4.90 Å². The Labute approximate surface area is 142 Å². The average molecular weight is 346 g/mol. The van der Waals surface area contributed by atoms with Crippen LogP contribution in [0.1, 0.15) is 18.9 Å². The third-order valence-electron chi connectivity index (χ3n) is 4.05. The summed E-state index contributed by atoms with van der Waals surface area (Å²) >= 11 is 0. The summed E-state index contributed by atoms with van der Waals surface area (Å²) in [5.74, 6) is -1.43. The number of aromatic nitrogens is 1. The molecule has 1 atom stereocenters. The van der Waals surface area contributed by atoms with Crippen molar-refractivity contribution < 1.29 is 23.3 Å². The van der Waals surface area contributed by atoms with Gasteiger partial charge in [0, 0.05) is 6.07 Å². The molecule has 130 valence electrons. The van der Waals surface area contributed by atoms with Crippen molar-refractivity contribution in [1.29, 1.82) is 0 Å². The summed E-state index contributed by atoms with van der Waals surface area (Å²) in [6.45, 7) is 1.25. The van der Waals surface area contributed by atoms with Crippen molar-refractivity contribution in [2.45, 2.75) is 18.9 Å². The lowest BCUT2D eigenvalue weighted by molar-refractivity contribution is -0.134. The van der Waals surface area contributed by atoms with Crippen LogP contribution in [0.5, 0.6) is 0 Å². The van der Waals surface area contributed by atoms with Gasteiger partial charge in [-0.05, 0) is 24.1 Å². The number of nitrogens with zero attached hydrogens (tertiary/aromatic N) is 2. The number of carbonyl (C=O) groups is 3. The van der Waals surface area contributed by atoms with Gasteiger partial charge in [0.15, 0.2) is 5.82 Å². The molecule has 1 saturated heterocycles. The maximum absolute atomic E-state index is 13.2. The number of urea groups is 1. The van der Waals surface area contributed by atoms with E-state index in [1.807, 2.05) is 0 Å². The van der Waals surface area contributed by atoms with Crippen LogP contribution < -0.4 is 10.6 Å². The molecule has 2 aromatic rings. The predicted molar refractivity (Wildman–Crippen MR) is 83.7 cm³/mol. The van der Waals surface area contributed by atoms with Crippen LogP contribution in [0.2, 0.25) is 0 Å². The van der Waals surface area contributed by atoms with Gasteiger partial charge >= 0.3 is 6.03 Å². The molecular weight excluding hydrogens is 331 g/mol. The first kappa shape index (κ1) is 16.6.